The predicted octanol–water partition coefficient (Wildman–Crippen LogP) is 0.140. The Kier molecular flexibility index (Phi) is 4.49. The molecule has 0 amide bonds. The van der Waals surface area contributed by atoms with Crippen LogP contribution in [0.4, 0.5) is 5.82 Å². The van der Waals surface area contributed by atoms with Crippen molar-refractivity contribution in [2.45, 2.75) is 44.1 Å². The van der Waals surface area contributed by atoms with Crippen molar-refractivity contribution < 1.29 is 20.1 Å². The molecule has 2 heterocycles. The smallest absolute Gasteiger partial charge is 0.158 e. The summed E-state index contributed by atoms with van der Waals surface area (Å²) in [5.41, 5.74) is 7.64. The van der Waals surface area contributed by atoms with Gasteiger partial charge in [0.2, 0.25) is 0 Å². The van der Waals surface area contributed by atoms with E-state index in [2.05, 4.69) is 9.97 Å². The van der Waals surface area contributed by atoms with Gasteiger partial charge in [-0.15, -0.1) is 0 Å². The van der Waals surface area contributed by atoms with Crippen molar-refractivity contribution in [3.63, 3.8) is 0 Å². The fraction of sp³-hybridized carbons (Fsp3) is 0.600. The topological polar surface area (TPSA) is 127 Å². The van der Waals surface area contributed by atoms with E-state index in [4.69, 9.17) is 10.5 Å². The number of rotatable bonds is 7. The molecule has 0 radical (unpaired) electrons. The van der Waals surface area contributed by atoms with E-state index in [-0.39, 0.29) is 13.2 Å². The Labute approximate surface area is 133 Å². The van der Waals surface area contributed by atoms with Crippen LogP contribution in [0.5, 0.6) is 0 Å². The normalized spacial score (nSPS) is 19.0. The molecule has 0 saturated heterocycles. The van der Waals surface area contributed by atoms with Crippen molar-refractivity contribution in [1.82, 2.24) is 14.5 Å². The first-order chi connectivity index (χ1) is 11.1. The van der Waals surface area contributed by atoms with Gasteiger partial charge in [-0.25, -0.2) is 9.97 Å². The van der Waals surface area contributed by atoms with Crippen LogP contribution in [-0.2, 0) is 4.74 Å². The van der Waals surface area contributed by atoms with Crippen molar-refractivity contribution in [2.24, 2.45) is 0 Å². The van der Waals surface area contributed by atoms with Gasteiger partial charge in [-0.2, -0.15) is 0 Å². The third-order valence-electron chi connectivity index (χ3n) is 4.20. The number of hydrogen-bond donors (Lipinski definition) is 4. The summed E-state index contributed by atoms with van der Waals surface area (Å²) >= 11 is 0. The maximum Gasteiger partial charge on any atom is 0.158 e. The minimum Gasteiger partial charge on any atom is -0.394 e. The lowest BCUT2D eigenvalue weighted by Gasteiger charge is -2.25. The van der Waals surface area contributed by atoms with Crippen LogP contribution in [0.15, 0.2) is 12.5 Å². The second-order valence-corrected chi connectivity index (χ2v) is 5.96. The number of nitrogens with two attached hydrogens (primary N) is 1. The minimum absolute atomic E-state index is 0.318. The predicted molar refractivity (Wildman–Crippen MR) is 83.7 cm³/mol. The lowest BCUT2D eigenvalue weighted by atomic mass is 10.1. The van der Waals surface area contributed by atoms with Crippen molar-refractivity contribution in [2.75, 3.05) is 18.9 Å². The Morgan fingerprint density at radius 2 is 2.09 bits per heavy atom. The first-order valence-electron chi connectivity index (χ1n) is 7.73. The number of anilines is 1. The van der Waals surface area contributed by atoms with Gasteiger partial charge in [-0.1, -0.05) is 0 Å². The largest absolute Gasteiger partial charge is 0.394 e. The van der Waals surface area contributed by atoms with Crippen LogP contribution in [0.3, 0.4) is 0 Å². The number of nitrogens with zero attached hydrogens (tertiary/aromatic N) is 3. The minimum atomic E-state index is -0.863. The average Bonchev–Trinajstić information content (AvgIpc) is 3.30. The molecule has 1 aliphatic rings. The molecule has 8 heteroatoms. The van der Waals surface area contributed by atoms with Gasteiger partial charge in [-0.3, -0.25) is 0 Å². The lowest BCUT2D eigenvalue weighted by molar-refractivity contribution is -0.131. The molecule has 23 heavy (non-hydrogen) atoms. The van der Waals surface area contributed by atoms with Crippen LogP contribution in [0.25, 0.3) is 11.0 Å². The van der Waals surface area contributed by atoms with E-state index in [9.17, 15) is 15.3 Å². The summed E-state index contributed by atoms with van der Waals surface area (Å²) in [5, 5.41) is 29.5. The lowest BCUT2D eigenvalue weighted by Crippen LogP contribution is -2.34. The highest BCUT2D eigenvalue weighted by Gasteiger charge is 2.31. The fourth-order valence-electron chi connectivity index (χ4n) is 2.77. The average molecular weight is 322 g/mol. The van der Waals surface area contributed by atoms with E-state index < -0.39 is 18.4 Å². The van der Waals surface area contributed by atoms with Crippen LogP contribution >= 0.6 is 0 Å². The first-order valence-corrected chi connectivity index (χ1v) is 7.73. The molecule has 3 atom stereocenters. The molecule has 0 spiro atoms. The molecule has 2 aromatic rings. The maximum atomic E-state index is 9.71. The summed E-state index contributed by atoms with van der Waals surface area (Å²) in [7, 11) is 0. The maximum absolute atomic E-state index is 9.71. The highest BCUT2D eigenvalue weighted by Crippen LogP contribution is 2.45. The molecule has 0 aliphatic heterocycles. The van der Waals surface area contributed by atoms with E-state index in [0.717, 1.165) is 23.8 Å². The quantitative estimate of drug-likeness (QED) is 0.571. The first kappa shape index (κ1) is 16.1. The second-order valence-electron chi connectivity index (χ2n) is 5.96. The van der Waals surface area contributed by atoms with E-state index in [1.807, 2.05) is 6.20 Å². The summed E-state index contributed by atoms with van der Waals surface area (Å²) in [6.45, 7) is 0.861. The van der Waals surface area contributed by atoms with Crippen molar-refractivity contribution in [3.8, 4) is 0 Å². The molecule has 8 nitrogen and oxygen atoms in total. The van der Waals surface area contributed by atoms with Gasteiger partial charge in [-0.05, 0) is 31.2 Å². The Hall–Kier alpha value is -1.74. The van der Waals surface area contributed by atoms with E-state index in [1.165, 1.54) is 13.3 Å². The van der Waals surface area contributed by atoms with Gasteiger partial charge >= 0.3 is 0 Å². The number of nitrogen functional groups attached to an aromatic ring is 1. The van der Waals surface area contributed by atoms with Crippen molar-refractivity contribution in [1.29, 1.82) is 0 Å². The monoisotopic (exact) mass is 322 g/mol. The molecular formula is C15H22N4O4. The van der Waals surface area contributed by atoms with Crippen molar-refractivity contribution >= 4 is 16.9 Å². The molecule has 3 rings (SSSR count). The summed E-state index contributed by atoms with van der Waals surface area (Å²) in [6.07, 6.45) is 3.00. The number of aromatic nitrogens is 3. The Bertz CT molecular complexity index is 683. The number of aliphatic hydroxyl groups is 3. The van der Waals surface area contributed by atoms with Crippen molar-refractivity contribution in [3.05, 3.63) is 18.1 Å². The molecule has 5 N–H and O–H groups in total. The fourth-order valence-corrected chi connectivity index (χ4v) is 2.77. The second kappa shape index (κ2) is 6.40. The third-order valence-corrected chi connectivity index (χ3v) is 4.20. The highest BCUT2D eigenvalue weighted by atomic mass is 16.5. The molecule has 0 bridgehead atoms. The molecule has 3 unspecified atom stereocenters. The molecule has 126 valence electrons. The van der Waals surface area contributed by atoms with E-state index in [1.54, 1.807) is 4.57 Å². The van der Waals surface area contributed by atoms with Crippen LogP contribution in [0.2, 0.25) is 0 Å². The van der Waals surface area contributed by atoms with Gasteiger partial charge in [0.15, 0.2) is 6.23 Å². The zero-order chi connectivity index (χ0) is 16.6. The molecule has 0 aromatic carbocycles. The summed E-state index contributed by atoms with van der Waals surface area (Å²) in [6, 6.07) is 0. The zero-order valence-corrected chi connectivity index (χ0v) is 13.0. The van der Waals surface area contributed by atoms with E-state index in [0.29, 0.717) is 17.4 Å². The summed E-state index contributed by atoms with van der Waals surface area (Å²) < 4.78 is 7.37. The van der Waals surface area contributed by atoms with E-state index >= 15 is 0 Å². The number of hydrogen-bond acceptors (Lipinski definition) is 7. The van der Waals surface area contributed by atoms with Crippen LogP contribution in [0.1, 0.15) is 37.5 Å². The molecule has 1 fully saturated rings. The Morgan fingerprint density at radius 1 is 1.35 bits per heavy atom. The number of ether oxygens (including phenoxy) is 1. The molecule has 1 saturated carbocycles. The SMILES string of the molecule is CC(O)C(CO)OC(CO)n1cc(C2CC2)c2c(N)ncnc21. The Balaban J connectivity index is 2.02. The molecule has 2 aromatic heterocycles. The third kappa shape index (κ3) is 3.02. The number of aliphatic hydroxyl groups excluding tert-OH is 3. The number of fused-ring (bicyclic) bond motifs is 1. The van der Waals surface area contributed by atoms with Gasteiger partial charge in [0.1, 0.15) is 23.9 Å². The van der Waals surface area contributed by atoms with Crippen LogP contribution in [-0.4, -0.2) is 55.3 Å². The van der Waals surface area contributed by atoms with Gasteiger partial charge < -0.3 is 30.4 Å². The highest BCUT2D eigenvalue weighted by molar-refractivity contribution is 5.90. The summed E-state index contributed by atoms with van der Waals surface area (Å²) in [5.74, 6) is 0.832. The molecule has 1 aliphatic carbocycles. The van der Waals surface area contributed by atoms with Gasteiger partial charge in [0.05, 0.1) is 24.7 Å². The standard InChI is InChI=1S/C15H22N4O4/c1-8(22)11(5-20)23-12(6-21)19-4-10(9-2-3-9)13-14(16)17-7-18-15(13)19/h4,7-9,11-12,20-22H,2-3,5-6H2,1H3,(H2,16,17,18). The summed E-state index contributed by atoms with van der Waals surface area (Å²) in [4.78, 5) is 8.33. The van der Waals surface area contributed by atoms with Crippen LogP contribution in [0, 0.1) is 0 Å². The molecular weight excluding hydrogens is 300 g/mol. The Morgan fingerprint density at radius 3 is 2.65 bits per heavy atom. The van der Waals surface area contributed by atoms with Gasteiger partial charge in [0.25, 0.3) is 0 Å². The zero-order valence-electron chi connectivity index (χ0n) is 13.0. The van der Waals surface area contributed by atoms with Crippen LogP contribution < -0.4 is 5.73 Å². The van der Waals surface area contributed by atoms with Gasteiger partial charge in [0, 0.05) is 6.20 Å².